The van der Waals surface area contributed by atoms with Crippen molar-refractivity contribution in [2.45, 2.75) is 30.8 Å². The van der Waals surface area contributed by atoms with Crippen LogP contribution in [0.5, 0.6) is 0 Å². The van der Waals surface area contributed by atoms with E-state index in [4.69, 9.17) is 0 Å². The molecule has 0 saturated carbocycles. The molecule has 8 heteroatoms. The van der Waals surface area contributed by atoms with Crippen LogP contribution in [0.3, 0.4) is 0 Å². The summed E-state index contributed by atoms with van der Waals surface area (Å²) in [4.78, 5) is 0. The van der Waals surface area contributed by atoms with Gasteiger partial charge in [-0.1, -0.05) is 12.1 Å². The first-order chi connectivity index (χ1) is 8.57. The normalized spacial score (nSPS) is 20.7. The Bertz CT molecular complexity index is 492. The van der Waals surface area contributed by atoms with Crippen LogP contribution in [-0.4, -0.2) is 53.4 Å². The van der Waals surface area contributed by atoms with Gasteiger partial charge in [-0.3, -0.25) is 0 Å². The van der Waals surface area contributed by atoms with Crippen molar-refractivity contribution < 1.29 is 8.42 Å². The molecule has 0 amide bonds. The van der Waals surface area contributed by atoms with E-state index in [1.165, 1.54) is 10.9 Å². The van der Waals surface area contributed by atoms with Gasteiger partial charge in [0.05, 0.1) is 6.20 Å². The molecule has 1 aliphatic heterocycles. The van der Waals surface area contributed by atoms with Gasteiger partial charge in [-0.25, -0.2) is 13.1 Å². The van der Waals surface area contributed by atoms with Crippen molar-refractivity contribution in [3.8, 4) is 0 Å². The van der Waals surface area contributed by atoms with Gasteiger partial charge in [0.15, 0.2) is 5.03 Å². The first-order valence-corrected chi connectivity index (χ1v) is 7.58. The molecule has 7 nitrogen and oxygen atoms in total. The summed E-state index contributed by atoms with van der Waals surface area (Å²) in [7, 11) is -1.91. The summed E-state index contributed by atoms with van der Waals surface area (Å²) in [5.74, 6) is 0. The summed E-state index contributed by atoms with van der Waals surface area (Å²) < 4.78 is 28.1. The Balaban J connectivity index is 2.32. The van der Waals surface area contributed by atoms with Gasteiger partial charge in [0.1, 0.15) is 0 Å². The van der Waals surface area contributed by atoms with Gasteiger partial charge < -0.3 is 5.32 Å². The SMILES string of the molecule is CCCN(C1CCNC1)S(=O)(=O)c1cnnn1C. The first kappa shape index (κ1) is 13.4. The highest BCUT2D eigenvalue weighted by Gasteiger charge is 2.34. The number of hydrogen-bond donors (Lipinski definition) is 1. The molecule has 0 spiro atoms. The zero-order valence-corrected chi connectivity index (χ0v) is 11.5. The van der Waals surface area contributed by atoms with Crippen LogP contribution in [0, 0.1) is 0 Å². The highest BCUT2D eigenvalue weighted by molar-refractivity contribution is 7.89. The minimum atomic E-state index is -3.50. The number of aromatic nitrogens is 3. The average molecular weight is 273 g/mol. The predicted octanol–water partition coefficient (Wildman–Crippen LogP) is -0.422. The molecule has 0 bridgehead atoms. The summed E-state index contributed by atoms with van der Waals surface area (Å²) in [5.41, 5.74) is 0. The van der Waals surface area contributed by atoms with Crippen LogP contribution >= 0.6 is 0 Å². The van der Waals surface area contributed by atoms with Crippen molar-refractivity contribution in [3.63, 3.8) is 0 Å². The molecule has 1 aliphatic rings. The van der Waals surface area contributed by atoms with Crippen molar-refractivity contribution in [1.29, 1.82) is 0 Å². The maximum Gasteiger partial charge on any atom is 0.262 e. The Labute approximate surface area is 107 Å². The second-order valence-electron chi connectivity index (χ2n) is 4.46. The van der Waals surface area contributed by atoms with E-state index in [-0.39, 0.29) is 11.1 Å². The van der Waals surface area contributed by atoms with Crippen LogP contribution in [0.2, 0.25) is 0 Å². The van der Waals surface area contributed by atoms with E-state index in [0.29, 0.717) is 13.1 Å². The minimum absolute atomic E-state index is 0.0323. The fraction of sp³-hybridized carbons (Fsp3) is 0.800. The quantitative estimate of drug-likeness (QED) is 0.788. The lowest BCUT2D eigenvalue weighted by Crippen LogP contribution is -2.42. The minimum Gasteiger partial charge on any atom is -0.315 e. The van der Waals surface area contributed by atoms with Crippen molar-refractivity contribution in [2.24, 2.45) is 7.05 Å². The van der Waals surface area contributed by atoms with Crippen LogP contribution < -0.4 is 5.32 Å². The van der Waals surface area contributed by atoms with Gasteiger partial charge in [-0.15, -0.1) is 5.10 Å². The highest BCUT2D eigenvalue weighted by Crippen LogP contribution is 2.20. The monoisotopic (exact) mass is 273 g/mol. The van der Waals surface area contributed by atoms with E-state index in [9.17, 15) is 8.42 Å². The second-order valence-corrected chi connectivity index (χ2v) is 6.30. The van der Waals surface area contributed by atoms with Gasteiger partial charge in [-0.2, -0.15) is 4.31 Å². The molecule has 1 unspecified atom stereocenters. The van der Waals surface area contributed by atoms with Crippen molar-refractivity contribution in [2.75, 3.05) is 19.6 Å². The molecule has 1 fully saturated rings. The predicted molar refractivity (Wildman–Crippen MR) is 66.5 cm³/mol. The Morgan fingerprint density at radius 2 is 2.39 bits per heavy atom. The third-order valence-electron chi connectivity index (χ3n) is 3.13. The van der Waals surface area contributed by atoms with Gasteiger partial charge in [-0.05, 0) is 19.4 Å². The summed E-state index contributed by atoms with van der Waals surface area (Å²) in [6.07, 6.45) is 2.95. The van der Waals surface area contributed by atoms with E-state index in [1.807, 2.05) is 6.92 Å². The molecule has 1 atom stereocenters. The lowest BCUT2D eigenvalue weighted by molar-refractivity contribution is 0.332. The molecule has 1 saturated heterocycles. The molecular weight excluding hydrogens is 254 g/mol. The van der Waals surface area contributed by atoms with Crippen LogP contribution in [0.4, 0.5) is 0 Å². The number of hydrogen-bond acceptors (Lipinski definition) is 5. The molecule has 18 heavy (non-hydrogen) atoms. The maximum absolute atomic E-state index is 12.6. The second kappa shape index (κ2) is 5.33. The van der Waals surface area contributed by atoms with Crippen LogP contribution in [0.15, 0.2) is 11.2 Å². The first-order valence-electron chi connectivity index (χ1n) is 6.14. The highest BCUT2D eigenvalue weighted by atomic mass is 32.2. The topological polar surface area (TPSA) is 80.1 Å². The van der Waals surface area contributed by atoms with Crippen LogP contribution in [0.1, 0.15) is 19.8 Å². The van der Waals surface area contributed by atoms with Gasteiger partial charge in [0.25, 0.3) is 10.0 Å². The van der Waals surface area contributed by atoms with E-state index in [2.05, 4.69) is 15.6 Å². The fourth-order valence-corrected chi connectivity index (χ4v) is 4.03. The Kier molecular flexibility index (Phi) is 3.98. The molecule has 1 N–H and O–H groups in total. The molecule has 0 aromatic carbocycles. The third kappa shape index (κ3) is 2.40. The number of aryl methyl sites for hydroxylation is 1. The van der Waals surface area contributed by atoms with Crippen LogP contribution in [0.25, 0.3) is 0 Å². The van der Waals surface area contributed by atoms with E-state index < -0.39 is 10.0 Å². The summed E-state index contributed by atoms with van der Waals surface area (Å²) in [6, 6.07) is 0.0323. The molecule has 2 heterocycles. The van der Waals surface area contributed by atoms with Crippen molar-refractivity contribution in [1.82, 2.24) is 24.6 Å². The lowest BCUT2D eigenvalue weighted by atomic mass is 10.2. The number of sulfonamides is 1. The molecular formula is C10H19N5O2S. The third-order valence-corrected chi connectivity index (χ3v) is 5.13. The summed E-state index contributed by atoms with van der Waals surface area (Å²) in [6.45, 7) is 4.08. The Morgan fingerprint density at radius 1 is 1.61 bits per heavy atom. The molecule has 0 radical (unpaired) electrons. The van der Waals surface area contributed by atoms with Gasteiger partial charge in [0.2, 0.25) is 0 Å². The van der Waals surface area contributed by atoms with E-state index in [0.717, 1.165) is 19.4 Å². The number of nitrogens with zero attached hydrogens (tertiary/aromatic N) is 4. The summed E-state index contributed by atoms with van der Waals surface area (Å²) in [5, 5.41) is 10.7. The fourth-order valence-electron chi connectivity index (χ4n) is 2.24. The number of rotatable bonds is 5. The molecule has 1 aromatic heterocycles. The zero-order valence-electron chi connectivity index (χ0n) is 10.7. The van der Waals surface area contributed by atoms with Gasteiger partial charge >= 0.3 is 0 Å². The summed E-state index contributed by atoms with van der Waals surface area (Å²) >= 11 is 0. The van der Waals surface area contributed by atoms with Crippen molar-refractivity contribution >= 4 is 10.0 Å². The van der Waals surface area contributed by atoms with E-state index >= 15 is 0 Å². The van der Waals surface area contributed by atoms with Crippen molar-refractivity contribution in [3.05, 3.63) is 6.20 Å². The smallest absolute Gasteiger partial charge is 0.262 e. The number of nitrogens with one attached hydrogen (secondary N) is 1. The molecule has 1 aromatic rings. The Hall–Kier alpha value is -0.990. The molecule has 2 rings (SSSR count). The van der Waals surface area contributed by atoms with E-state index in [1.54, 1.807) is 11.4 Å². The zero-order chi connectivity index (χ0) is 13.2. The maximum atomic E-state index is 12.6. The van der Waals surface area contributed by atoms with Gasteiger partial charge in [0, 0.05) is 26.2 Å². The average Bonchev–Trinajstić information content (AvgIpc) is 2.96. The standard InChI is InChI=1S/C10H19N5O2S/c1-3-6-15(9-4-5-11-7-9)18(16,17)10-8-12-13-14(10)2/h8-9,11H,3-7H2,1-2H3. The molecule has 102 valence electrons. The van der Waals surface area contributed by atoms with Crippen LogP contribution in [-0.2, 0) is 17.1 Å². The Morgan fingerprint density at radius 3 is 2.89 bits per heavy atom. The lowest BCUT2D eigenvalue weighted by Gasteiger charge is -2.26. The largest absolute Gasteiger partial charge is 0.315 e. The molecule has 0 aliphatic carbocycles.